The standard InChI is InChI=1S/C12H13ClN4OS/c1-8-15-12(19-16-8)17-5-3-9(7-17)18-11-2-4-14-6-10(11)13/h2,4,6,9H,3,5,7H2,1H3. The van der Waals surface area contributed by atoms with E-state index < -0.39 is 0 Å². The Hall–Kier alpha value is -1.40. The van der Waals surface area contributed by atoms with Gasteiger partial charge in [0.15, 0.2) is 0 Å². The molecule has 1 aliphatic rings. The second-order valence-corrected chi connectivity index (χ2v) is 5.54. The number of hydrogen-bond donors (Lipinski definition) is 0. The molecule has 2 aromatic heterocycles. The zero-order chi connectivity index (χ0) is 13.2. The molecule has 1 fully saturated rings. The van der Waals surface area contributed by atoms with E-state index in [1.807, 2.05) is 6.92 Å². The lowest BCUT2D eigenvalue weighted by molar-refractivity contribution is 0.225. The molecule has 3 heterocycles. The highest BCUT2D eigenvalue weighted by molar-refractivity contribution is 7.09. The third-order valence-electron chi connectivity index (χ3n) is 2.96. The van der Waals surface area contributed by atoms with Crippen LogP contribution in [0.2, 0.25) is 5.02 Å². The molecular weight excluding hydrogens is 284 g/mol. The lowest BCUT2D eigenvalue weighted by Gasteiger charge is -2.16. The highest BCUT2D eigenvalue weighted by Gasteiger charge is 2.26. The number of rotatable bonds is 3. The molecule has 1 unspecified atom stereocenters. The van der Waals surface area contributed by atoms with Gasteiger partial charge in [-0.1, -0.05) is 11.6 Å². The van der Waals surface area contributed by atoms with Gasteiger partial charge in [-0.05, 0) is 6.92 Å². The number of pyridine rings is 1. The quantitative estimate of drug-likeness (QED) is 0.871. The van der Waals surface area contributed by atoms with Crippen molar-refractivity contribution in [2.75, 3.05) is 18.0 Å². The maximum absolute atomic E-state index is 6.04. The Morgan fingerprint density at radius 3 is 3.16 bits per heavy atom. The fraction of sp³-hybridized carbons (Fsp3) is 0.417. The maximum atomic E-state index is 6.04. The first-order valence-electron chi connectivity index (χ1n) is 6.04. The van der Waals surface area contributed by atoms with Crippen LogP contribution in [-0.4, -0.2) is 33.5 Å². The number of nitrogens with zero attached hydrogens (tertiary/aromatic N) is 4. The van der Waals surface area contributed by atoms with Gasteiger partial charge in [0.1, 0.15) is 22.7 Å². The minimum absolute atomic E-state index is 0.129. The van der Waals surface area contributed by atoms with Crippen molar-refractivity contribution >= 4 is 28.3 Å². The summed E-state index contributed by atoms with van der Waals surface area (Å²) >= 11 is 7.47. The largest absolute Gasteiger partial charge is 0.487 e. The maximum Gasteiger partial charge on any atom is 0.205 e. The molecule has 0 radical (unpaired) electrons. The topological polar surface area (TPSA) is 51.1 Å². The molecule has 7 heteroatoms. The summed E-state index contributed by atoms with van der Waals surface area (Å²) in [6.45, 7) is 3.65. The van der Waals surface area contributed by atoms with Crippen LogP contribution in [0.4, 0.5) is 5.13 Å². The molecule has 0 spiro atoms. The molecule has 1 aliphatic heterocycles. The summed E-state index contributed by atoms with van der Waals surface area (Å²) in [6.07, 6.45) is 4.36. The lowest BCUT2D eigenvalue weighted by Crippen LogP contribution is -2.24. The van der Waals surface area contributed by atoms with Crippen LogP contribution in [-0.2, 0) is 0 Å². The van der Waals surface area contributed by atoms with Crippen molar-refractivity contribution in [2.24, 2.45) is 0 Å². The number of aromatic nitrogens is 3. The van der Waals surface area contributed by atoms with E-state index in [9.17, 15) is 0 Å². The highest BCUT2D eigenvalue weighted by atomic mass is 35.5. The van der Waals surface area contributed by atoms with Crippen molar-refractivity contribution in [2.45, 2.75) is 19.4 Å². The predicted molar refractivity (Wildman–Crippen MR) is 75.1 cm³/mol. The summed E-state index contributed by atoms with van der Waals surface area (Å²) in [5, 5.41) is 1.51. The molecule has 0 aromatic carbocycles. The minimum Gasteiger partial charge on any atom is -0.487 e. The fourth-order valence-corrected chi connectivity index (χ4v) is 2.92. The van der Waals surface area contributed by atoms with Crippen LogP contribution >= 0.6 is 23.1 Å². The molecule has 100 valence electrons. The fourth-order valence-electron chi connectivity index (χ4n) is 2.05. The second-order valence-electron chi connectivity index (χ2n) is 4.40. The van der Waals surface area contributed by atoms with Gasteiger partial charge in [0, 0.05) is 43.0 Å². The van der Waals surface area contributed by atoms with Gasteiger partial charge < -0.3 is 9.64 Å². The van der Waals surface area contributed by atoms with Crippen LogP contribution in [0.25, 0.3) is 0 Å². The highest BCUT2D eigenvalue weighted by Crippen LogP contribution is 2.28. The molecule has 0 aliphatic carbocycles. The monoisotopic (exact) mass is 296 g/mol. The van der Waals surface area contributed by atoms with Gasteiger partial charge in [-0.15, -0.1) is 0 Å². The Morgan fingerprint density at radius 2 is 2.42 bits per heavy atom. The summed E-state index contributed by atoms with van der Waals surface area (Å²) in [6, 6.07) is 1.79. The van der Waals surface area contributed by atoms with Crippen molar-refractivity contribution in [1.29, 1.82) is 0 Å². The first-order chi connectivity index (χ1) is 9.22. The predicted octanol–water partition coefficient (Wildman–Crippen LogP) is 2.55. The molecule has 0 amide bonds. The van der Waals surface area contributed by atoms with Crippen molar-refractivity contribution in [1.82, 2.24) is 14.3 Å². The van der Waals surface area contributed by atoms with E-state index >= 15 is 0 Å². The van der Waals surface area contributed by atoms with Crippen LogP contribution in [0, 0.1) is 6.92 Å². The summed E-state index contributed by atoms with van der Waals surface area (Å²) in [5.41, 5.74) is 0. The van der Waals surface area contributed by atoms with Gasteiger partial charge >= 0.3 is 0 Å². The molecule has 0 N–H and O–H groups in total. The van der Waals surface area contributed by atoms with Gasteiger partial charge in [-0.25, -0.2) is 4.98 Å². The first kappa shape index (κ1) is 12.6. The lowest BCUT2D eigenvalue weighted by atomic mass is 10.3. The van der Waals surface area contributed by atoms with Crippen LogP contribution in [0.3, 0.4) is 0 Å². The molecular formula is C12H13ClN4OS. The molecule has 0 saturated carbocycles. The summed E-state index contributed by atoms with van der Waals surface area (Å²) in [7, 11) is 0. The van der Waals surface area contributed by atoms with E-state index in [2.05, 4.69) is 19.2 Å². The Morgan fingerprint density at radius 1 is 1.53 bits per heavy atom. The normalized spacial score (nSPS) is 18.8. The number of aryl methyl sites for hydroxylation is 1. The number of ether oxygens (including phenoxy) is 1. The first-order valence-corrected chi connectivity index (χ1v) is 7.19. The average Bonchev–Trinajstić information content (AvgIpc) is 3.01. The SMILES string of the molecule is Cc1nsc(N2CCC(Oc3ccncc3Cl)C2)n1. The molecule has 2 aromatic rings. The van der Waals surface area contributed by atoms with E-state index in [4.69, 9.17) is 16.3 Å². The third-order valence-corrected chi connectivity index (χ3v) is 4.11. The molecule has 0 bridgehead atoms. The van der Waals surface area contributed by atoms with E-state index in [1.165, 1.54) is 11.5 Å². The average molecular weight is 297 g/mol. The summed E-state index contributed by atoms with van der Waals surface area (Å²) in [4.78, 5) is 10.5. The van der Waals surface area contributed by atoms with Crippen LogP contribution in [0.5, 0.6) is 5.75 Å². The molecule has 5 nitrogen and oxygen atoms in total. The van der Waals surface area contributed by atoms with Gasteiger partial charge in [-0.3, -0.25) is 4.98 Å². The van der Waals surface area contributed by atoms with E-state index in [0.29, 0.717) is 10.8 Å². The second kappa shape index (κ2) is 5.30. The molecule has 1 atom stereocenters. The molecule has 19 heavy (non-hydrogen) atoms. The minimum atomic E-state index is 0.129. The summed E-state index contributed by atoms with van der Waals surface area (Å²) < 4.78 is 10.1. The summed E-state index contributed by atoms with van der Waals surface area (Å²) in [5.74, 6) is 1.51. The van der Waals surface area contributed by atoms with Crippen LogP contribution in [0.1, 0.15) is 12.2 Å². The molecule has 3 rings (SSSR count). The van der Waals surface area contributed by atoms with Gasteiger partial charge in [-0.2, -0.15) is 4.37 Å². The van der Waals surface area contributed by atoms with Crippen molar-refractivity contribution in [3.05, 3.63) is 29.3 Å². The van der Waals surface area contributed by atoms with Gasteiger partial charge in [0.05, 0.1) is 6.54 Å². The zero-order valence-corrected chi connectivity index (χ0v) is 12.0. The van der Waals surface area contributed by atoms with E-state index in [1.54, 1.807) is 18.5 Å². The number of halogens is 1. The Bertz CT molecular complexity index is 576. The Labute approximate surface area is 120 Å². The van der Waals surface area contributed by atoms with Crippen LogP contribution < -0.4 is 9.64 Å². The zero-order valence-electron chi connectivity index (χ0n) is 10.4. The van der Waals surface area contributed by atoms with E-state index in [0.717, 1.165) is 30.5 Å². The number of hydrogen-bond acceptors (Lipinski definition) is 6. The van der Waals surface area contributed by atoms with Crippen molar-refractivity contribution in [3.8, 4) is 5.75 Å². The van der Waals surface area contributed by atoms with Gasteiger partial charge in [0.2, 0.25) is 5.13 Å². The number of anilines is 1. The van der Waals surface area contributed by atoms with Crippen molar-refractivity contribution in [3.63, 3.8) is 0 Å². The smallest absolute Gasteiger partial charge is 0.205 e. The Balaban J connectivity index is 1.65. The Kier molecular flexibility index (Phi) is 3.52. The van der Waals surface area contributed by atoms with Gasteiger partial charge in [0.25, 0.3) is 0 Å². The van der Waals surface area contributed by atoms with Crippen LogP contribution in [0.15, 0.2) is 18.5 Å². The van der Waals surface area contributed by atoms with E-state index in [-0.39, 0.29) is 6.10 Å². The molecule has 1 saturated heterocycles. The third kappa shape index (κ3) is 2.79. The van der Waals surface area contributed by atoms with Crippen molar-refractivity contribution < 1.29 is 4.74 Å².